The van der Waals surface area contributed by atoms with E-state index in [1.54, 1.807) is 18.2 Å². The zero-order chi connectivity index (χ0) is 18.8. The summed E-state index contributed by atoms with van der Waals surface area (Å²) in [4.78, 5) is 27.1. The average Bonchev–Trinajstić information content (AvgIpc) is 2.67. The van der Waals surface area contributed by atoms with Crippen LogP contribution in [-0.4, -0.2) is 52.2 Å². The Bertz CT molecular complexity index is 819. The first kappa shape index (κ1) is 18.4. The number of aliphatic hydroxyl groups is 2. The highest BCUT2D eigenvalue weighted by Gasteiger charge is 2.36. The summed E-state index contributed by atoms with van der Waals surface area (Å²) in [6.07, 6.45) is 1.24. The molecule has 2 atom stereocenters. The average molecular weight is 356 g/mol. The summed E-state index contributed by atoms with van der Waals surface area (Å²) in [5.74, 6) is -0.749. The van der Waals surface area contributed by atoms with Gasteiger partial charge >= 0.3 is 0 Å². The van der Waals surface area contributed by atoms with Crippen molar-refractivity contribution in [3.8, 4) is 0 Å². The molecular formula is C20H24N2O4. The Morgan fingerprint density at radius 2 is 1.65 bits per heavy atom. The third kappa shape index (κ3) is 2.85. The van der Waals surface area contributed by atoms with Gasteiger partial charge in [0.1, 0.15) is 0 Å². The second-order valence-electron chi connectivity index (χ2n) is 6.55. The molecule has 1 heterocycles. The van der Waals surface area contributed by atoms with Crippen LogP contribution in [0.4, 0.5) is 5.69 Å². The van der Waals surface area contributed by atoms with Gasteiger partial charge in [-0.2, -0.15) is 0 Å². The van der Waals surface area contributed by atoms with E-state index in [-0.39, 0.29) is 31.1 Å². The van der Waals surface area contributed by atoms with E-state index in [4.69, 9.17) is 0 Å². The van der Waals surface area contributed by atoms with Crippen LogP contribution in [0.5, 0.6) is 0 Å². The number of anilines is 1. The van der Waals surface area contributed by atoms with Crippen LogP contribution in [0.3, 0.4) is 0 Å². The van der Waals surface area contributed by atoms with Gasteiger partial charge in [-0.25, -0.2) is 0 Å². The Kier molecular flexibility index (Phi) is 5.25. The lowest BCUT2D eigenvalue weighted by atomic mass is 9.91. The molecule has 2 amide bonds. The zero-order valence-corrected chi connectivity index (χ0v) is 15.0. The van der Waals surface area contributed by atoms with Crippen LogP contribution in [0, 0.1) is 0 Å². The topological polar surface area (TPSA) is 89.9 Å². The second kappa shape index (κ2) is 7.43. The Morgan fingerprint density at radius 1 is 0.962 bits per heavy atom. The molecule has 6 nitrogen and oxygen atoms in total. The number of benzene rings is 2. The summed E-state index contributed by atoms with van der Waals surface area (Å²) in [7, 11) is 0. The third-order valence-electron chi connectivity index (χ3n) is 5.06. The Balaban J connectivity index is 2.16. The molecule has 0 radical (unpaired) electrons. The lowest BCUT2D eigenvalue weighted by Gasteiger charge is -2.33. The molecular weight excluding hydrogens is 332 g/mol. The number of carbonyl (C=O) groups is 2. The van der Waals surface area contributed by atoms with Gasteiger partial charge in [0.25, 0.3) is 11.8 Å². The molecule has 3 rings (SSSR count). The number of hydrogen-bond acceptors (Lipinski definition) is 5. The van der Waals surface area contributed by atoms with Crippen molar-refractivity contribution in [2.75, 3.05) is 18.5 Å². The van der Waals surface area contributed by atoms with Gasteiger partial charge in [-0.3, -0.25) is 14.5 Å². The molecule has 0 aliphatic carbocycles. The fraction of sp³-hybridized carbons (Fsp3) is 0.400. The van der Waals surface area contributed by atoms with E-state index < -0.39 is 6.04 Å². The van der Waals surface area contributed by atoms with Crippen molar-refractivity contribution in [1.82, 2.24) is 4.90 Å². The van der Waals surface area contributed by atoms with Gasteiger partial charge in [0, 0.05) is 33.6 Å². The molecule has 2 aromatic carbocycles. The highest BCUT2D eigenvalue weighted by atomic mass is 16.3. The Labute approximate surface area is 152 Å². The minimum atomic E-state index is -0.532. The number of nitrogens with zero attached hydrogens (tertiary/aromatic N) is 1. The molecule has 6 heteroatoms. The quantitative estimate of drug-likeness (QED) is 0.663. The number of imide groups is 1. The summed E-state index contributed by atoms with van der Waals surface area (Å²) in [5, 5.41) is 23.7. The second-order valence-corrected chi connectivity index (χ2v) is 6.55. The van der Waals surface area contributed by atoms with Gasteiger partial charge in [-0.05, 0) is 31.0 Å². The van der Waals surface area contributed by atoms with E-state index in [1.807, 2.05) is 26.0 Å². The molecule has 26 heavy (non-hydrogen) atoms. The van der Waals surface area contributed by atoms with Crippen molar-refractivity contribution in [2.24, 2.45) is 0 Å². The van der Waals surface area contributed by atoms with Crippen LogP contribution >= 0.6 is 0 Å². The van der Waals surface area contributed by atoms with Crippen molar-refractivity contribution in [3.05, 3.63) is 41.5 Å². The van der Waals surface area contributed by atoms with E-state index in [2.05, 4.69) is 5.32 Å². The number of rotatable bonds is 7. The molecule has 138 valence electrons. The maximum absolute atomic E-state index is 13.0. The van der Waals surface area contributed by atoms with Crippen molar-refractivity contribution in [3.63, 3.8) is 0 Å². The Hall–Kier alpha value is -2.44. The summed E-state index contributed by atoms with van der Waals surface area (Å²) < 4.78 is 0. The van der Waals surface area contributed by atoms with Crippen molar-refractivity contribution >= 4 is 28.3 Å². The minimum Gasteiger partial charge on any atom is -0.394 e. The smallest absolute Gasteiger partial charge is 0.261 e. The summed E-state index contributed by atoms with van der Waals surface area (Å²) in [6.45, 7) is 3.56. The van der Waals surface area contributed by atoms with Crippen molar-refractivity contribution in [2.45, 2.75) is 38.8 Å². The number of carbonyl (C=O) groups excluding carboxylic acids is 2. The predicted octanol–water partition coefficient (Wildman–Crippen LogP) is 2.39. The van der Waals surface area contributed by atoms with Gasteiger partial charge in [-0.1, -0.05) is 26.0 Å². The molecule has 0 spiro atoms. The van der Waals surface area contributed by atoms with Gasteiger partial charge in [0.15, 0.2) is 0 Å². The van der Waals surface area contributed by atoms with E-state index >= 15 is 0 Å². The summed E-state index contributed by atoms with van der Waals surface area (Å²) >= 11 is 0. The fourth-order valence-electron chi connectivity index (χ4n) is 3.46. The Morgan fingerprint density at radius 3 is 2.23 bits per heavy atom. The maximum atomic E-state index is 13.0. The van der Waals surface area contributed by atoms with Gasteiger partial charge in [-0.15, -0.1) is 0 Å². The predicted molar refractivity (Wildman–Crippen MR) is 100 cm³/mol. The molecule has 0 aromatic heterocycles. The van der Waals surface area contributed by atoms with Gasteiger partial charge < -0.3 is 15.5 Å². The fourth-order valence-corrected chi connectivity index (χ4v) is 3.46. The van der Waals surface area contributed by atoms with Crippen LogP contribution in [0.2, 0.25) is 0 Å². The molecule has 0 saturated carbocycles. The van der Waals surface area contributed by atoms with Crippen LogP contribution in [0.15, 0.2) is 30.3 Å². The molecule has 2 aromatic rings. The summed E-state index contributed by atoms with van der Waals surface area (Å²) in [5.41, 5.74) is 1.71. The highest BCUT2D eigenvalue weighted by Crippen LogP contribution is 2.35. The minimum absolute atomic E-state index is 0.000244. The van der Waals surface area contributed by atoms with E-state index in [1.165, 1.54) is 4.90 Å². The van der Waals surface area contributed by atoms with E-state index in [0.29, 0.717) is 22.9 Å². The van der Waals surface area contributed by atoms with Crippen LogP contribution in [0.1, 0.15) is 47.4 Å². The summed E-state index contributed by atoms with van der Waals surface area (Å²) in [6, 6.07) is 8.26. The van der Waals surface area contributed by atoms with Crippen LogP contribution in [-0.2, 0) is 0 Å². The van der Waals surface area contributed by atoms with E-state index in [9.17, 15) is 19.8 Å². The molecule has 0 unspecified atom stereocenters. The standard InChI is InChI=1S/C20H24N2O4/c1-3-12(10-23)21-17-9-8-16-18-14(17)6-5-7-15(18)19(25)22(20(16)26)13(4-2)11-24/h5-9,12-13,21,23-24H,3-4,10-11H2,1-2H3/t12-,13-/m1/s1. The SMILES string of the molecule is CC[C@H](CO)Nc1ccc2c3c(cccc13)C(=O)N([C@H](CC)CO)C2=O. The lowest BCUT2D eigenvalue weighted by molar-refractivity contribution is 0.0466. The molecule has 3 N–H and O–H groups in total. The number of nitrogens with one attached hydrogen (secondary N) is 1. The first-order valence-electron chi connectivity index (χ1n) is 8.99. The zero-order valence-electron chi connectivity index (χ0n) is 15.0. The monoisotopic (exact) mass is 356 g/mol. The number of amides is 2. The first-order valence-corrected chi connectivity index (χ1v) is 8.99. The lowest BCUT2D eigenvalue weighted by Crippen LogP contribution is -2.48. The largest absolute Gasteiger partial charge is 0.394 e. The molecule has 1 aliphatic heterocycles. The highest BCUT2D eigenvalue weighted by molar-refractivity contribution is 6.26. The normalized spacial score (nSPS) is 16.1. The first-order chi connectivity index (χ1) is 12.6. The molecule has 0 bridgehead atoms. The van der Waals surface area contributed by atoms with Crippen LogP contribution in [0.25, 0.3) is 10.8 Å². The maximum Gasteiger partial charge on any atom is 0.261 e. The van der Waals surface area contributed by atoms with Gasteiger partial charge in [0.2, 0.25) is 0 Å². The van der Waals surface area contributed by atoms with Crippen molar-refractivity contribution < 1.29 is 19.8 Å². The third-order valence-corrected chi connectivity index (χ3v) is 5.06. The number of hydrogen-bond donors (Lipinski definition) is 3. The molecule has 0 fully saturated rings. The van der Waals surface area contributed by atoms with Gasteiger partial charge in [0.05, 0.1) is 19.3 Å². The number of aliphatic hydroxyl groups excluding tert-OH is 2. The molecule has 1 aliphatic rings. The van der Waals surface area contributed by atoms with Crippen LogP contribution < -0.4 is 5.32 Å². The van der Waals surface area contributed by atoms with E-state index in [0.717, 1.165) is 17.5 Å². The molecule has 0 saturated heterocycles. The van der Waals surface area contributed by atoms with Crippen molar-refractivity contribution in [1.29, 1.82) is 0 Å².